The van der Waals surface area contributed by atoms with Crippen LogP contribution in [-0.4, -0.2) is 57.3 Å². The van der Waals surface area contributed by atoms with Crippen LogP contribution in [0.3, 0.4) is 0 Å². The molecule has 1 aromatic carbocycles. The van der Waals surface area contributed by atoms with Gasteiger partial charge in [0.1, 0.15) is 23.1 Å². The average molecular weight is 398 g/mol. The fourth-order valence-electron chi connectivity index (χ4n) is 3.12. The quantitative estimate of drug-likeness (QED) is 0.633. The Hall–Kier alpha value is -2.55. The summed E-state index contributed by atoms with van der Waals surface area (Å²) in [5.74, 6) is 1.33. The zero-order valence-electron chi connectivity index (χ0n) is 15.5. The lowest BCUT2D eigenvalue weighted by Gasteiger charge is -2.29. The Labute approximate surface area is 168 Å². The number of aliphatic hydroxyl groups excluding tert-OH is 1. The number of likely N-dealkylation sites (tertiary alicyclic amines) is 1. The van der Waals surface area contributed by atoms with E-state index in [4.69, 9.17) is 4.74 Å². The van der Waals surface area contributed by atoms with E-state index in [1.165, 1.54) is 0 Å². The van der Waals surface area contributed by atoms with Crippen LogP contribution in [0.2, 0.25) is 0 Å². The maximum Gasteiger partial charge on any atom is 0.227 e. The summed E-state index contributed by atoms with van der Waals surface area (Å²) in [6, 6.07) is 9.64. The van der Waals surface area contributed by atoms with Gasteiger partial charge in [0.25, 0.3) is 0 Å². The Morgan fingerprint density at radius 1 is 1.18 bits per heavy atom. The van der Waals surface area contributed by atoms with Gasteiger partial charge in [0.2, 0.25) is 5.95 Å². The Bertz CT molecular complexity index is 882. The molecule has 0 aliphatic carbocycles. The molecule has 0 unspecified atom stereocenters. The average Bonchev–Trinajstić information content (AvgIpc) is 3.25. The first kappa shape index (κ1) is 18.8. The maximum absolute atomic E-state index is 9.57. The SMILES string of the molecule is OC1CCN(CCOc2cccc(Nc3nccc(-c4nccs4)n3)c2)CC1. The molecule has 1 aliphatic heterocycles. The summed E-state index contributed by atoms with van der Waals surface area (Å²) in [7, 11) is 0. The van der Waals surface area contributed by atoms with E-state index in [1.54, 1.807) is 23.7 Å². The molecule has 1 saturated heterocycles. The first-order chi connectivity index (χ1) is 13.8. The van der Waals surface area contributed by atoms with E-state index >= 15 is 0 Å². The normalized spacial score (nSPS) is 15.5. The Kier molecular flexibility index (Phi) is 6.11. The van der Waals surface area contributed by atoms with E-state index in [1.807, 2.05) is 35.7 Å². The fraction of sp³-hybridized carbons (Fsp3) is 0.350. The minimum Gasteiger partial charge on any atom is -0.492 e. The van der Waals surface area contributed by atoms with Crippen molar-refractivity contribution in [3.63, 3.8) is 0 Å². The monoisotopic (exact) mass is 397 g/mol. The second-order valence-corrected chi connectivity index (χ2v) is 7.57. The predicted octanol–water partition coefficient (Wildman–Crippen LogP) is 3.18. The summed E-state index contributed by atoms with van der Waals surface area (Å²) < 4.78 is 5.90. The van der Waals surface area contributed by atoms with E-state index in [2.05, 4.69) is 25.2 Å². The van der Waals surface area contributed by atoms with Crippen molar-refractivity contribution in [2.45, 2.75) is 18.9 Å². The van der Waals surface area contributed by atoms with Crippen molar-refractivity contribution in [2.75, 3.05) is 31.6 Å². The van der Waals surface area contributed by atoms with Gasteiger partial charge in [-0.3, -0.25) is 4.90 Å². The second kappa shape index (κ2) is 9.09. The molecule has 1 fully saturated rings. The summed E-state index contributed by atoms with van der Waals surface area (Å²) in [4.78, 5) is 15.4. The molecule has 146 valence electrons. The molecule has 0 atom stereocenters. The summed E-state index contributed by atoms with van der Waals surface area (Å²) in [5.41, 5.74) is 1.67. The minimum absolute atomic E-state index is 0.142. The smallest absolute Gasteiger partial charge is 0.227 e. The van der Waals surface area contributed by atoms with Gasteiger partial charge in [0.05, 0.1) is 6.10 Å². The fourth-order valence-corrected chi connectivity index (χ4v) is 3.72. The molecule has 0 radical (unpaired) electrons. The largest absolute Gasteiger partial charge is 0.492 e. The Morgan fingerprint density at radius 2 is 2.07 bits per heavy atom. The molecule has 0 amide bonds. The molecule has 8 heteroatoms. The molecule has 3 heterocycles. The van der Waals surface area contributed by atoms with E-state index in [0.29, 0.717) is 12.6 Å². The van der Waals surface area contributed by atoms with Crippen molar-refractivity contribution in [1.82, 2.24) is 19.9 Å². The highest BCUT2D eigenvalue weighted by atomic mass is 32.1. The molecule has 4 rings (SSSR count). The van der Waals surface area contributed by atoms with Gasteiger partial charge < -0.3 is 15.2 Å². The number of aliphatic hydroxyl groups is 1. The standard InChI is InChI=1S/C20H23N5O2S/c26-16-5-9-25(10-6-16)11-12-27-17-3-1-2-15(14-17)23-20-22-7-4-18(24-20)19-21-8-13-28-19/h1-4,7-8,13-14,16,26H,5-6,9-12H2,(H,22,23,24). The number of benzene rings is 1. The number of hydrogen-bond donors (Lipinski definition) is 2. The van der Waals surface area contributed by atoms with E-state index < -0.39 is 0 Å². The number of thiazole rings is 1. The van der Waals surface area contributed by atoms with Crippen LogP contribution in [0.25, 0.3) is 10.7 Å². The van der Waals surface area contributed by atoms with Gasteiger partial charge in [-0.05, 0) is 31.0 Å². The number of hydrogen-bond acceptors (Lipinski definition) is 8. The summed E-state index contributed by atoms with van der Waals surface area (Å²) in [5, 5.41) is 15.6. The molecular formula is C20H23N5O2S. The van der Waals surface area contributed by atoms with Crippen LogP contribution in [-0.2, 0) is 0 Å². The molecule has 2 N–H and O–H groups in total. The van der Waals surface area contributed by atoms with Gasteiger partial charge in [-0.15, -0.1) is 11.3 Å². The lowest BCUT2D eigenvalue weighted by Crippen LogP contribution is -2.38. The van der Waals surface area contributed by atoms with Crippen molar-refractivity contribution < 1.29 is 9.84 Å². The summed E-state index contributed by atoms with van der Waals surface area (Å²) in [6.07, 6.45) is 5.04. The van der Waals surface area contributed by atoms with Gasteiger partial charge in [-0.1, -0.05) is 6.07 Å². The topological polar surface area (TPSA) is 83.4 Å². The van der Waals surface area contributed by atoms with Crippen LogP contribution in [0.1, 0.15) is 12.8 Å². The van der Waals surface area contributed by atoms with Crippen LogP contribution in [0.15, 0.2) is 48.1 Å². The Balaban J connectivity index is 1.33. The van der Waals surface area contributed by atoms with Crippen molar-refractivity contribution in [2.24, 2.45) is 0 Å². The third kappa shape index (κ3) is 5.03. The van der Waals surface area contributed by atoms with Gasteiger partial charge in [0, 0.05) is 49.2 Å². The van der Waals surface area contributed by atoms with Crippen LogP contribution >= 0.6 is 11.3 Å². The maximum atomic E-state index is 9.57. The number of nitrogens with one attached hydrogen (secondary N) is 1. The molecule has 2 aromatic heterocycles. The van der Waals surface area contributed by atoms with Crippen LogP contribution < -0.4 is 10.1 Å². The second-order valence-electron chi connectivity index (χ2n) is 6.68. The van der Waals surface area contributed by atoms with Crippen LogP contribution in [0.4, 0.5) is 11.6 Å². The highest BCUT2D eigenvalue weighted by Crippen LogP contribution is 2.23. The number of ether oxygens (including phenoxy) is 1. The minimum atomic E-state index is -0.142. The number of anilines is 2. The van der Waals surface area contributed by atoms with Gasteiger partial charge in [-0.2, -0.15) is 0 Å². The molecule has 0 saturated carbocycles. The lowest BCUT2D eigenvalue weighted by molar-refractivity contribution is 0.0755. The van der Waals surface area contributed by atoms with Gasteiger partial charge >= 0.3 is 0 Å². The molecule has 28 heavy (non-hydrogen) atoms. The molecule has 0 spiro atoms. The number of piperidine rings is 1. The zero-order valence-corrected chi connectivity index (χ0v) is 16.3. The van der Waals surface area contributed by atoms with Crippen molar-refractivity contribution in [3.8, 4) is 16.5 Å². The molecule has 3 aromatic rings. The molecule has 1 aliphatic rings. The lowest BCUT2D eigenvalue weighted by atomic mass is 10.1. The van der Waals surface area contributed by atoms with Crippen molar-refractivity contribution in [3.05, 3.63) is 48.1 Å². The number of rotatable bonds is 7. The van der Waals surface area contributed by atoms with Crippen molar-refractivity contribution in [1.29, 1.82) is 0 Å². The highest BCUT2D eigenvalue weighted by molar-refractivity contribution is 7.13. The van der Waals surface area contributed by atoms with E-state index in [9.17, 15) is 5.11 Å². The molecule has 0 bridgehead atoms. The van der Waals surface area contributed by atoms with E-state index in [-0.39, 0.29) is 6.10 Å². The van der Waals surface area contributed by atoms with Gasteiger partial charge in [0.15, 0.2) is 0 Å². The van der Waals surface area contributed by atoms with E-state index in [0.717, 1.165) is 54.6 Å². The Morgan fingerprint density at radius 3 is 2.89 bits per heavy atom. The summed E-state index contributed by atoms with van der Waals surface area (Å²) in [6.45, 7) is 3.34. The first-order valence-corrected chi connectivity index (χ1v) is 10.3. The van der Waals surface area contributed by atoms with Crippen molar-refractivity contribution >= 4 is 23.0 Å². The number of aromatic nitrogens is 3. The predicted molar refractivity (Wildman–Crippen MR) is 110 cm³/mol. The number of nitrogens with zero attached hydrogens (tertiary/aromatic N) is 4. The van der Waals surface area contributed by atoms with Crippen LogP contribution in [0, 0.1) is 0 Å². The van der Waals surface area contributed by atoms with Crippen LogP contribution in [0.5, 0.6) is 5.75 Å². The third-order valence-electron chi connectivity index (χ3n) is 4.63. The highest BCUT2D eigenvalue weighted by Gasteiger charge is 2.16. The molecular weight excluding hydrogens is 374 g/mol. The first-order valence-electron chi connectivity index (χ1n) is 9.39. The summed E-state index contributed by atoms with van der Waals surface area (Å²) >= 11 is 1.55. The third-order valence-corrected chi connectivity index (χ3v) is 5.43. The molecule has 7 nitrogen and oxygen atoms in total. The zero-order chi connectivity index (χ0) is 19.2. The van der Waals surface area contributed by atoms with Gasteiger partial charge in [-0.25, -0.2) is 15.0 Å².